The SMILES string of the molecule is CNC(=O)c1ccc(N(C)Cc2cccc(Cl)c2)c(N)c1. The number of hydrogen-bond donors (Lipinski definition) is 2. The minimum atomic E-state index is -0.147. The number of nitrogen functional groups attached to an aromatic ring is 1. The van der Waals surface area contributed by atoms with Crippen LogP contribution in [0.25, 0.3) is 0 Å². The Kier molecular flexibility index (Phi) is 4.70. The molecule has 5 heteroatoms. The molecule has 2 aromatic carbocycles. The molecule has 110 valence electrons. The molecule has 0 saturated carbocycles. The molecule has 2 aromatic rings. The summed E-state index contributed by atoms with van der Waals surface area (Å²) in [6.45, 7) is 0.685. The van der Waals surface area contributed by atoms with Crippen LogP contribution in [0, 0.1) is 0 Å². The van der Waals surface area contributed by atoms with E-state index in [2.05, 4.69) is 5.32 Å². The van der Waals surface area contributed by atoms with Crippen LogP contribution in [0.2, 0.25) is 5.02 Å². The molecule has 0 radical (unpaired) electrons. The molecule has 1 amide bonds. The Hall–Kier alpha value is -2.20. The molecule has 0 saturated heterocycles. The number of nitrogens with one attached hydrogen (secondary N) is 1. The average Bonchev–Trinajstić information content (AvgIpc) is 2.46. The third-order valence-electron chi connectivity index (χ3n) is 3.24. The van der Waals surface area contributed by atoms with E-state index in [-0.39, 0.29) is 5.91 Å². The molecule has 2 rings (SSSR count). The molecule has 0 unspecified atom stereocenters. The van der Waals surface area contributed by atoms with Gasteiger partial charge in [-0.05, 0) is 35.9 Å². The number of carbonyl (C=O) groups is 1. The first-order valence-corrected chi connectivity index (χ1v) is 6.96. The van der Waals surface area contributed by atoms with Crippen molar-refractivity contribution < 1.29 is 4.79 Å². The molecule has 0 aliphatic heterocycles. The minimum Gasteiger partial charge on any atom is -0.397 e. The van der Waals surface area contributed by atoms with Gasteiger partial charge in [-0.3, -0.25) is 4.79 Å². The summed E-state index contributed by atoms with van der Waals surface area (Å²) in [6, 6.07) is 13.0. The number of hydrogen-bond acceptors (Lipinski definition) is 3. The maximum Gasteiger partial charge on any atom is 0.251 e. The molecule has 0 bridgehead atoms. The molecule has 0 atom stereocenters. The van der Waals surface area contributed by atoms with Crippen molar-refractivity contribution in [1.82, 2.24) is 5.32 Å². The summed E-state index contributed by atoms with van der Waals surface area (Å²) in [5, 5.41) is 3.29. The van der Waals surface area contributed by atoms with Crippen molar-refractivity contribution in [3.8, 4) is 0 Å². The second-order valence-corrected chi connectivity index (χ2v) is 5.28. The topological polar surface area (TPSA) is 58.4 Å². The summed E-state index contributed by atoms with van der Waals surface area (Å²) in [4.78, 5) is 13.6. The minimum absolute atomic E-state index is 0.147. The van der Waals surface area contributed by atoms with Gasteiger partial charge < -0.3 is 16.0 Å². The summed E-state index contributed by atoms with van der Waals surface area (Å²) >= 11 is 5.99. The quantitative estimate of drug-likeness (QED) is 0.854. The highest BCUT2D eigenvalue weighted by atomic mass is 35.5. The molecular formula is C16H18ClN3O. The molecule has 0 aromatic heterocycles. The van der Waals surface area contributed by atoms with Crippen LogP contribution >= 0.6 is 11.6 Å². The Morgan fingerprint density at radius 1 is 1.29 bits per heavy atom. The lowest BCUT2D eigenvalue weighted by Crippen LogP contribution is -2.20. The highest BCUT2D eigenvalue weighted by Gasteiger charge is 2.10. The summed E-state index contributed by atoms with van der Waals surface area (Å²) in [5.41, 5.74) is 9.15. The second kappa shape index (κ2) is 6.50. The smallest absolute Gasteiger partial charge is 0.251 e. The number of amides is 1. The van der Waals surface area contributed by atoms with Crippen molar-refractivity contribution in [2.45, 2.75) is 6.54 Å². The highest BCUT2D eigenvalue weighted by molar-refractivity contribution is 6.30. The van der Waals surface area contributed by atoms with E-state index >= 15 is 0 Å². The van der Waals surface area contributed by atoms with Crippen LogP contribution < -0.4 is 16.0 Å². The van der Waals surface area contributed by atoms with Gasteiger partial charge in [0.1, 0.15) is 0 Å². The van der Waals surface area contributed by atoms with E-state index in [0.717, 1.165) is 11.3 Å². The van der Waals surface area contributed by atoms with Crippen molar-refractivity contribution in [2.24, 2.45) is 0 Å². The van der Waals surface area contributed by atoms with E-state index in [1.807, 2.05) is 42.3 Å². The zero-order chi connectivity index (χ0) is 15.4. The molecule has 3 N–H and O–H groups in total. The molecular weight excluding hydrogens is 286 g/mol. The van der Waals surface area contributed by atoms with Crippen molar-refractivity contribution in [1.29, 1.82) is 0 Å². The van der Waals surface area contributed by atoms with Crippen molar-refractivity contribution in [3.05, 3.63) is 58.6 Å². The molecule has 0 aliphatic carbocycles. The van der Waals surface area contributed by atoms with E-state index < -0.39 is 0 Å². The molecule has 21 heavy (non-hydrogen) atoms. The van der Waals surface area contributed by atoms with Gasteiger partial charge in [0.15, 0.2) is 0 Å². The summed E-state index contributed by atoms with van der Waals surface area (Å²) in [6.07, 6.45) is 0. The van der Waals surface area contributed by atoms with Crippen molar-refractivity contribution >= 4 is 28.9 Å². The largest absolute Gasteiger partial charge is 0.397 e. The third-order valence-corrected chi connectivity index (χ3v) is 3.47. The van der Waals surface area contributed by atoms with Crippen molar-refractivity contribution in [3.63, 3.8) is 0 Å². The van der Waals surface area contributed by atoms with Gasteiger partial charge in [0.2, 0.25) is 0 Å². The van der Waals surface area contributed by atoms with Gasteiger partial charge in [0.25, 0.3) is 5.91 Å². The van der Waals surface area contributed by atoms with Gasteiger partial charge in [-0.2, -0.15) is 0 Å². The van der Waals surface area contributed by atoms with E-state index in [9.17, 15) is 4.79 Å². The van der Waals surface area contributed by atoms with Crippen LogP contribution in [0.15, 0.2) is 42.5 Å². The third kappa shape index (κ3) is 3.67. The van der Waals surface area contributed by atoms with E-state index in [4.69, 9.17) is 17.3 Å². The van der Waals surface area contributed by atoms with Crippen molar-refractivity contribution in [2.75, 3.05) is 24.7 Å². The van der Waals surface area contributed by atoms with Gasteiger partial charge in [-0.1, -0.05) is 23.7 Å². The first-order chi connectivity index (χ1) is 10.0. The standard InChI is InChI=1S/C16H18ClN3O/c1-19-16(21)12-6-7-15(14(18)9-12)20(2)10-11-4-3-5-13(17)8-11/h3-9H,10,18H2,1-2H3,(H,19,21). The zero-order valence-electron chi connectivity index (χ0n) is 12.1. The van der Waals surface area contributed by atoms with Crippen LogP contribution in [0.5, 0.6) is 0 Å². The van der Waals surface area contributed by atoms with Gasteiger partial charge in [-0.15, -0.1) is 0 Å². The van der Waals surface area contributed by atoms with Crippen LogP contribution in [0.1, 0.15) is 15.9 Å². The fourth-order valence-electron chi connectivity index (χ4n) is 2.18. The molecule has 0 fully saturated rings. The zero-order valence-corrected chi connectivity index (χ0v) is 12.8. The molecule has 0 heterocycles. The van der Waals surface area contributed by atoms with Crippen LogP contribution in [-0.2, 0) is 6.54 Å². The average molecular weight is 304 g/mol. The predicted octanol–water partition coefficient (Wildman–Crippen LogP) is 2.92. The fraction of sp³-hybridized carbons (Fsp3) is 0.188. The maximum atomic E-state index is 11.6. The fourth-order valence-corrected chi connectivity index (χ4v) is 2.39. The van der Waals surface area contributed by atoms with Gasteiger partial charge in [-0.25, -0.2) is 0 Å². The second-order valence-electron chi connectivity index (χ2n) is 4.84. The molecule has 4 nitrogen and oxygen atoms in total. The Balaban J connectivity index is 2.19. The maximum absolute atomic E-state index is 11.6. The van der Waals surface area contributed by atoms with E-state index in [1.165, 1.54) is 0 Å². The number of carbonyl (C=O) groups excluding carboxylic acids is 1. The number of rotatable bonds is 4. The Morgan fingerprint density at radius 3 is 2.67 bits per heavy atom. The lowest BCUT2D eigenvalue weighted by molar-refractivity contribution is 0.0963. The first-order valence-electron chi connectivity index (χ1n) is 6.58. The normalized spacial score (nSPS) is 10.2. The number of halogens is 1. The highest BCUT2D eigenvalue weighted by Crippen LogP contribution is 2.25. The van der Waals surface area contributed by atoms with Crippen LogP contribution in [0.4, 0.5) is 11.4 Å². The lowest BCUT2D eigenvalue weighted by atomic mass is 10.1. The first kappa shape index (κ1) is 15.2. The van der Waals surface area contributed by atoms with E-state index in [1.54, 1.807) is 19.2 Å². The van der Waals surface area contributed by atoms with Crippen LogP contribution in [-0.4, -0.2) is 20.0 Å². The predicted molar refractivity (Wildman–Crippen MR) is 87.8 cm³/mol. The lowest BCUT2D eigenvalue weighted by Gasteiger charge is -2.21. The number of nitrogens with zero attached hydrogens (tertiary/aromatic N) is 1. The van der Waals surface area contributed by atoms with Gasteiger partial charge in [0.05, 0.1) is 11.4 Å². The van der Waals surface area contributed by atoms with E-state index in [0.29, 0.717) is 22.8 Å². The molecule has 0 spiro atoms. The van der Waals surface area contributed by atoms with Crippen LogP contribution in [0.3, 0.4) is 0 Å². The number of nitrogens with two attached hydrogens (primary N) is 1. The monoisotopic (exact) mass is 303 g/mol. The van der Waals surface area contributed by atoms with Gasteiger partial charge in [0, 0.05) is 31.2 Å². The number of anilines is 2. The summed E-state index contributed by atoms with van der Waals surface area (Å²) in [5.74, 6) is -0.147. The Morgan fingerprint density at radius 2 is 2.05 bits per heavy atom. The van der Waals surface area contributed by atoms with Gasteiger partial charge >= 0.3 is 0 Å². The Bertz CT molecular complexity index is 658. The number of benzene rings is 2. The molecule has 0 aliphatic rings. The summed E-state index contributed by atoms with van der Waals surface area (Å²) in [7, 11) is 3.55. The summed E-state index contributed by atoms with van der Waals surface area (Å²) < 4.78 is 0. The Labute approximate surface area is 129 Å².